The van der Waals surface area contributed by atoms with Gasteiger partial charge in [-0.3, -0.25) is 9.78 Å². The van der Waals surface area contributed by atoms with Crippen LogP contribution in [0.4, 0.5) is 0 Å². The number of hydrogen-bond acceptors (Lipinski definition) is 4. The largest absolute Gasteiger partial charge is 0.381 e. The van der Waals surface area contributed by atoms with E-state index in [1.165, 1.54) is 5.56 Å². The van der Waals surface area contributed by atoms with Crippen LogP contribution in [-0.2, 0) is 11.2 Å². The first-order chi connectivity index (χ1) is 12.1. The lowest BCUT2D eigenvalue weighted by Crippen LogP contribution is -2.25. The molecular weight excluding hydrogens is 445 g/mol. The molecule has 1 heterocycles. The zero-order valence-electron chi connectivity index (χ0n) is 14.7. The number of pyridine rings is 1. The summed E-state index contributed by atoms with van der Waals surface area (Å²) in [6.07, 6.45) is 7.05. The Kier molecular flexibility index (Phi) is 8.39. The van der Waals surface area contributed by atoms with Crippen LogP contribution in [0.3, 0.4) is 0 Å². The van der Waals surface area contributed by atoms with Crippen molar-refractivity contribution in [3.63, 3.8) is 0 Å². The molecule has 25 heavy (non-hydrogen) atoms. The van der Waals surface area contributed by atoms with Crippen LogP contribution in [0.1, 0.15) is 48.5 Å². The van der Waals surface area contributed by atoms with Crippen LogP contribution < -0.4 is 0 Å². The molecule has 3 nitrogen and oxygen atoms in total. The molecule has 0 amide bonds. The normalized spacial score (nSPS) is 19.8. The fourth-order valence-corrected chi connectivity index (χ4v) is 3.32. The molecule has 0 spiro atoms. The third kappa shape index (κ3) is 5.53. The van der Waals surface area contributed by atoms with Gasteiger partial charge in [0.15, 0.2) is 5.78 Å². The van der Waals surface area contributed by atoms with Gasteiger partial charge in [0, 0.05) is 33.5 Å². The van der Waals surface area contributed by atoms with Crippen LogP contribution in [0.15, 0.2) is 30.5 Å². The molecule has 1 saturated carbocycles. The van der Waals surface area contributed by atoms with E-state index in [0.717, 1.165) is 48.6 Å². The molecule has 1 aliphatic rings. The number of methoxy groups -OCH3 is 1. The second kappa shape index (κ2) is 10.3. The molecule has 134 valence electrons. The summed E-state index contributed by atoms with van der Waals surface area (Å²) in [5, 5.41) is 1.07. The number of rotatable bonds is 4. The predicted molar refractivity (Wildman–Crippen MR) is 116 cm³/mol. The summed E-state index contributed by atoms with van der Waals surface area (Å²) in [4.78, 5) is 17.2. The molecule has 1 fully saturated rings. The van der Waals surface area contributed by atoms with Crippen molar-refractivity contribution in [3.05, 3.63) is 41.6 Å². The van der Waals surface area contributed by atoms with E-state index in [2.05, 4.69) is 30.2 Å². The van der Waals surface area contributed by atoms with Gasteiger partial charge >= 0.3 is 0 Å². The third-order valence-corrected chi connectivity index (χ3v) is 4.81. The molecule has 5 heteroatoms. The molecule has 0 aliphatic heterocycles. The fraction of sp³-hybridized carbons (Fsp3) is 0.450. The summed E-state index contributed by atoms with van der Waals surface area (Å²) in [6.45, 7) is 2.12. The van der Waals surface area contributed by atoms with E-state index < -0.39 is 0 Å². The number of ether oxygens (including phenoxy) is 1. The van der Waals surface area contributed by atoms with Gasteiger partial charge in [0.25, 0.3) is 0 Å². The highest BCUT2D eigenvalue weighted by Gasteiger charge is 2.26. The molecule has 1 aliphatic carbocycles. The summed E-state index contributed by atoms with van der Waals surface area (Å²) in [5.41, 5.74) is 2.98. The Morgan fingerprint density at radius 3 is 2.60 bits per heavy atom. The van der Waals surface area contributed by atoms with Crippen LogP contribution in [0.2, 0.25) is 0 Å². The van der Waals surface area contributed by atoms with Crippen LogP contribution in [-0.4, -0.2) is 27.4 Å². The predicted octanol–water partition coefficient (Wildman–Crippen LogP) is 5.56. The maximum atomic E-state index is 12.7. The highest BCUT2D eigenvalue weighted by atomic mass is 127. The number of nitrogens with zero attached hydrogens (tertiary/aromatic N) is 1. The number of carbonyl (C=O) groups is 1. The van der Waals surface area contributed by atoms with Crippen LogP contribution in [0.25, 0.3) is 10.9 Å². The molecule has 1 aromatic carbocycles. The van der Waals surface area contributed by atoms with Gasteiger partial charge in [-0.1, -0.05) is 19.1 Å². The maximum absolute atomic E-state index is 12.7. The number of fused-ring (bicyclic) bond motifs is 1. The summed E-state index contributed by atoms with van der Waals surface area (Å²) < 4.78 is 6.94. The van der Waals surface area contributed by atoms with Crippen molar-refractivity contribution in [2.45, 2.75) is 45.1 Å². The lowest BCUT2D eigenvalue weighted by atomic mass is 9.82. The minimum absolute atomic E-state index is 0.145. The van der Waals surface area contributed by atoms with Gasteiger partial charge < -0.3 is 4.74 Å². The minimum atomic E-state index is 0.145. The van der Waals surface area contributed by atoms with Crippen molar-refractivity contribution in [2.24, 2.45) is 5.92 Å². The number of ketones is 1. The number of Topliss-reactive ketones (excluding diaryl/α,β-unsaturated/α-hetero) is 1. The number of aryl methyl sites for hydroxylation is 1. The van der Waals surface area contributed by atoms with Gasteiger partial charge in [-0.05, 0) is 84.5 Å². The summed E-state index contributed by atoms with van der Waals surface area (Å²) in [7, 11) is 1.76. The second-order valence-electron chi connectivity index (χ2n) is 6.27. The van der Waals surface area contributed by atoms with Crippen molar-refractivity contribution in [3.8, 4) is 0 Å². The van der Waals surface area contributed by atoms with Gasteiger partial charge in [-0.15, -0.1) is 0 Å². The van der Waals surface area contributed by atoms with E-state index in [1.807, 2.05) is 47.0 Å². The standard InChI is InChI=1S/C19H23NO2.CHIS/c1-3-13-10-16-11-15(6-9-18(16)20-12-13)19(21)14-4-7-17(22-2)8-5-14;2-1-3/h6,9-12,14,17H,3-5,7-8H2,1-2H3;1H. The van der Waals surface area contributed by atoms with Gasteiger partial charge in [-0.2, -0.15) is 0 Å². The van der Waals surface area contributed by atoms with Crippen LogP contribution in [0, 0.1) is 5.92 Å². The van der Waals surface area contributed by atoms with Gasteiger partial charge in [0.05, 0.1) is 11.6 Å². The van der Waals surface area contributed by atoms with E-state index in [1.54, 1.807) is 10.5 Å². The summed E-state index contributed by atoms with van der Waals surface area (Å²) >= 11 is 6.23. The summed E-state index contributed by atoms with van der Waals surface area (Å²) in [5.74, 6) is 0.421. The van der Waals surface area contributed by atoms with Gasteiger partial charge in [0.2, 0.25) is 0 Å². The lowest BCUT2D eigenvalue weighted by Gasteiger charge is -2.26. The first kappa shape index (κ1) is 20.4. The van der Waals surface area contributed by atoms with Gasteiger partial charge in [-0.25, -0.2) is 0 Å². The number of thiocarbonyl (C=S) groups is 1. The lowest BCUT2D eigenvalue weighted by molar-refractivity contribution is 0.0519. The van der Waals surface area contributed by atoms with E-state index in [9.17, 15) is 4.79 Å². The monoisotopic (exact) mass is 469 g/mol. The second-order valence-corrected chi connectivity index (χ2v) is 7.97. The molecule has 0 N–H and O–H groups in total. The number of halogens is 1. The Bertz CT molecular complexity index is 727. The Labute approximate surface area is 168 Å². The van der Waals surface area contributed by atoms with E-state index in [4.69, 9.17) is 4.74 Å². The smallest absolute Gasteiger partial charge is 0.165 e. The molecule has 0 atom stereocenters. The molecular formula is C20H24INO2S. The van der Waals surface area contributed by atoms with E-state index in [0.29, 0.717) is 6.10 Å². The highest BCUT2D eigenvalue weighted by molar-refractivity contribution is 14.1. The first-order valence-corrected chi connectivity index (χ1v) is 10.3. The first-order valence-electron chi connectivity index (χ1n) is 8.62. The Balaban J connectivity index is 0.000000701. The van der Waals surface area contributed by atoms with Crippen molar-refractivity contribution >= 4 is 54.9 Å². The zero-order chi connectivity index (χ0) is 18.2. The zero-order valence-corrected chi connectivity index (χ0v) is 17.7. The molecule has 0 bridgehead atoms. The highest BCUT2D eigenvalue weighted by Crippen LogP contribution is 2.29. The number of carbonyl (C=O) groups excluding carboxylic acids is 1. The SMILES string of the molecule is CCc1cnc2ccc(C(=O)C3CCC(OC)CC3)cc2c1.S=CI. The van der Waals surface area contributed by atoms with E-state index in [-0.39, 0.29) is 11.7 Å². The molecule has 3 rings (SSSR count). The van der Waals surface area contributed by atoms with Gasteiger partial charge in [0.1, 0.15) is 0 Å². The Morgan fingerprint density at radius 2 is 2.00 bits per heavy atom. The van der Waals surface area contributed by atoms with E-state index >= 15 is 0 Å². The van der Waals surface area contributed by atoms with Crippen molar-refractivity contribution in [2.75, 3.05) is 7.11 Å². The van der Waals surface area contributed by atoms with Crippen LogP contribution >= 0.6 is 34.8 Å². The topological polar surface area (TPSA) is 39.2 Å². The maximum Gasteiger partial charge on any atom is 0.165 e. The molecule has 2 aromatic rings. The number of aromatic nitrogens is 1. The molecule has 0 unspecified atom stereocenters. The fourth-order valence-electron chi connectivity index (χ4n) is 3.32. The average Bonchev–Trinajstić information content (AvgIpc) is 2.67. The molecule has 0 saturated heterocycles. The molecule has 0 radical (unpaired) electrons. The van der Waals surface area contributed by atoms with Crippen LogP contribution in [0.5, 0.6) is 0 Å². The van der Waals surface area contributed by atoms with Crippen molar-refractivity contribution < 1.29 is 9.53 Å². The average molecular weight is 469 g/mol. The minimum Gasteiger partial charge on any atom is -0.381 e. The molecule has 1 aromatic heterocycles. The Morgan fingerprint density at radius 1 is 1.32 bits per heavy atom. The van der Waals surface area contributed by atoms with Crippen molar-refractivity contribution in [1.82, 2.24) is 4.98 Å². The summed E-state index contributed by atoms with van der Waals surface area (Å²) in [6, 6.07) is 8.03. The number of hydrogen-bond donors (Lipinski definition) is 0. The Hall–Kier alpha value is -0.920. The number of benzene rings is 1. The van der Waals surface area contributed by atoms with Crippen molar-refractivity contribution in [1.29, 1.82) is 0 Å². The quantitative estimate of drug-likeness (QED) is 0.254. The third-order valence-electron chi connectivity index (χ3n) is 4.81.